The fraction of sp³-hybridized carbons (Fsp3) is 0.357. The Morgan fingerprint density at radius 1 is 1.37 bits per heavy atom. The molecule has 0 aliphatic carbocycles. The predicted octanol–water partition coefficient (Wildman–Crippen LogP) is 4.45. The van der Waals surface area contributed by atoms with E-state index in [2.05, 4.69) is 39.2 Å². The van der Waals surface area contributed by atoms with Crippen molar-refractivity contribution in [1.82, 2.24) is 4.90 Å². The van der Waals surface area contributed by atoms with Gasteiger partial charge >= 0.3 is 0 Å². The highest BCUT2D eigenvalue weighted by atomic mass is 79.9. The maximum Gasteiger partial charge on any atom is 0.186 e. The van der Waals surface area contributed by atoms with Gasteiger partial charge in [0, 0.05) is 26.2 Å². The van der Waals surface area contributed by atoms with Crippen LogP contribution < -0.4 is 0 Å². The number of rotatable bonds is 6. The number of thiophene rings is 2. The molecule has 2 aromatic rings. The van der Waals surface area contributed by atoms with Crippen LogP contribution in [0.1, 0.15) is 26.3 Å². The molecule has 0 radical (unpaired) electrons. The van der Waals surface area contributed by atoms with E-state index < -0.39 is 0 Å². The van der Waals surface area contributed by atoms with E-state index in [1.165, 1.54) is 9.75 Å². The van der Waals surface area contributed by atoms with Crippen molar-refractivity contribution in [2.24, 2.45) is 0 Å². The average molecular weight is 358 g/mol. The molecule has 0 saturated carbocycles. The van der Waals surface area contributed by atoms with E-state index in [1.54, 1.807) is 22.7 Å². The van der Waals surface area contributed by atoms with Crippen molar-refractivity contribution in [3.8, 4) is 0 Å². The Morgan fingerprint density at radius 2 is 2.16 bits per heavy atom. The van der Waals surface area contributed by atoms with Crippen LogP contribution in [0.2, 0.25) is 0 Å². The molecule has 2 heterocycles. The zero-order chi connectivity index (χ0) is 13.8. The fourth-order valence-electron chi connectivity index (χ4n) is 1.80. The third-order valence-corrected chi connectivity index (χ3v) is 5.70. The highest BCUT2D eigenvalue weighted by molar-refractivity contribution is 9.10. The Morgan fingerprint density at radius 3 is 2.74 bits per heavy atom. The lowest BCUT2D eigenvalue weighted by Crippen LogP contribution is -2.24. The van der Waals surface area contributed by atoms with Gasteiger partial charge in [0.05, 0.1) is 11.4 Å². The Balaban J connectivity index is 1.91. The Hall–Kier alpha value is -0.490. The summed E-state index contributed by atoms with van der Waals surface area (Å²) in [7, 11) is 1.99. The molecule has 0 N–H and O–H groups in total. The third-order valence-electron chi connectivity index (χ3n) is 2.75. The summed E-state index contributed by atoms with van der Waals surface area (Å²) in [5.74, 6) is 0.211. The molecule has 19 heavy (non-hydrogen) atoms. The van der Waals surface area contributed by atoms with Crippen molar-refractivity contribution in [3.63, 3.8) is 0 Å². The zero-order valence-electron chi connectivity index (χ0n) is 11.0. The van der Waals surface area contributed by atoms with Gasteiger partial charge in [-0.1, -0.05) is 6.92 Å². The predicted molar refractivity (Wildman–Crippen MR) is 86.4 cm³/mol. The van der Waals surface area contributed by atoms with Crippen LogP contribution in [-0.4, -0.2) is 24.3 Å². The van der Waals surface area contributed by atoms with Gasteiger partial charge in [0.1, 0.15) is 0 Å². The number of halogens is 1. The van der Waals surface area contributed by atoms with E-state index in [-0.39, 0.29) is 5.78 Å². The minimum absolute atomic E-state index is 0.211. The van der Waals surface area contributed by atoms with Crippen molar-refractivity contribution in [3.05, 3.63) is 42.7 Å². The lowest BCUT2D eigenvalue weighted by Gasteiger charge is -2.13. The molecule has 102 valence electrons. The normalized spacial score (nSPS) is 11.2. The number of hydrogen-bond donors (Lipinski definition) is 0. The molecule has 0 aliphatic heterocycles. The van der Waals surface area contributed by atoms with Crippen molar-refractivity contribution in [2.45, 2.75) is 19.9 Å². The van der Waals surface area contributed by atoms with Gasteiger partial charge in [-0.15, -0.1) is 22.7 Å². The summed E-state index contributed by atoms with van der Waals surface area (Å²) in [6.45, 7) is 3.40. The third kappa shape index (κ3) is 4.24. The van der Waals surface area contributed by atoms with Gasteiger partial charge in [-0.05, 0) is 47.6 Å². The van der Waals surface area contributed by atoms with Crippen LogP contribution in [-0.2, 0) is 13.0 Å². The topological polar surface area (TPSA) is 20.3 Å². The van der Waals surface area contributed by atoms with Crippen LogP contribution in [0.5, 0.6) is 0 Å². The number of carbonyl (C=O) groups is 1. The summed E-state index contributed by atoms with van der Waals surface area (Å²) in [6, 6.07) is 6.10. The number of ketones is 1. The minimum atomic E-state index is 0.211. The van der Waals surface area contributed by atoms with Crippen LogP contribution in [0, 0.1) is 0 Å². The number of hydrogen-bond acceptors (Lipinski definition) is 4. The highest BCUT2D eigenvalue weighted by Crippen LogP contribution is 2.21. The van der Waals surface area contributed by atoms with Crippen molar-refractivity contribution >= 4 is 44.4 Å². The van der Waals surface area contributed by atoms with Crippen LogP contribution >= 0.6 is 38.6 Å². The smallest absolute Gasteiger partial charge is 0.186 e. The van der Waals surface area contributed by atoms with Crippen LogP contribution in [0.25, 0.3) is 0 Å². The average Bonchev–Trinajstić information content (AvgIpc) is 2.98. The molecule has 0 aliphatic rings. The molecule has 0 spiro atoms. The molecule has 0 bridgehead atoms. The first kappa shape index (κ1) is 14.9. The Labute approximate surface area is 130 Å². The van der Waals surface area contributed by atoms with E-state index >= 15 is 0 Å². The summed E-state index contributed by atoms with van der Waals surface area (Å²) in [5, 5.41) is 2.07. The molecular weight excluding hydrogens is 342 g/mol. The quantitative estimate of drug-likeness (QED) is 0.711. The number of likely N-dealkylation sites (N-methyl/N-ethyl adjacent to an activating group) is 1. The molecule has 0 unspecified atom stereocenters. The molecule has 0 amide bonds. The monoisotopic (exact) mass is 357 g/mol. The maximum atomic E-state index is 12.1. The van der Waals surface area contributed by atoms with Gasteiger partial charge < -0.3 is 0 Å². The van der Waals surface area contributed by atoms with E-state index in [0.29, 0.717) is 6.54 Å². The summed E-state index contributed by atoms with van der Waals surface area (Å²) >= 11 is 6.77. The van der Waals surface area contributed by atoms with Crippen LogP contribution in [0.4, 0.5) is 0 Å². The first-order valence-electron chi connectivity index (χ1n) is 6.12. The molecule has 5 heteroatoms. The molecular formula is C14H16BrNOS2. The lowest BCUT2D eigenvalue weighted by atomic mass is 10.3. The van der Waals surface area contributed by atoms with Gasteiger partial charge in [0.2, 0.25) is 0 Å². The van der Waals surface area contributed by atoms with Crippen molar-refractivity contribution in [2.75, 3.05) is 13.6 Å². The molecule has 2 nitrogen and oxygen atoms in total. The second kappa shape index (κ2) is 6.79. The summed E-state index contributed by atoms with van der Waals surface area (Å²) in [6.07, 6.45) is 0.997. The van der Waals surface area contributed by atoms with Gasteiger partial charge in [-0.2, -0.15) is 0 Å². The zero-order valence-corrected chi connectivity index (χ0v) is 14.2. The number of nitrogens with zero attached hydrogens (tertiary/aromatic N) is 1. The number of carbonyl (C=O) groups excluding carboxylic acids is 1. The summed E-state index contributed by atoms with van der Waals surface area (Å²) in [4.78, 5) is 17.6. The van der Waals surface area contributed by atoms with E-state index in [4.69, 9.17) is 0 Å². The maximum absolute atomic E-state index is 12.1. The SMILES string of the molecule is CCc1ccc(C(=O)CN(C)Cc2cc(Br)cs2)s1. The largest absolute Gasteiger partial charge is 0.294 e. The molecule has 0 aromatic carbocycles. The highest BCUT2D eigenvalue weighted by Gasteiger charge is 2.12. The number of aryl methyl sites for hydroxylation is 1. The molecule has 0 fully saturated rings. The molecule has 0 atom stereocenters. The second-order valence-corrected chi connectivity index (χ2v) is 7.53. The first-order valence-corrected chi connectivity index (χ1v) is 8.60. The van der Waals surface area contributed by atoms with Crippen molar-refractivity contribution in [1.29, 1.82) is 0 Å². The van der Waals surface area contributed by atoms with E-state index in [9.17, 15) is 4.79 Å². The summed E-state index contributed by atoms with van der Waals surface area (Å²) in [5.41, 5.74) is 0. The van der Waals surface area contributed by atoms with Gasteiger partial charge in [-0.25, -0.2) is 0 Å². The van der Waals surface area contributed by atoms with E-state index in [1.807, 2.05) is 19.2 Å². The standard InChI is InChI=1S/C14H16BrNOS2/c1-3-11-4-5-14(19-11)13(17)8-16(2)7-12-6-10(15)9-18-12/h4-6,9H,3,7-8H2,1-2H3. The van der Waals surface area contributed by atoms with Gasteiger partial charge in [0.15, 0.2) is 5.78 Å². The molecule has 2 aromatic heterocycles. The van der Waals surface area contributed by atoms with Gasteiger partial charge in [0.25, 0.3) is 0 Å². The summed E-state index contributed by atoms with van der Waals surface area (Å²) < 4.78 is 1.11. The fourth-order valence-corrected chi connectivity index (χ4v) is 4.21. The number of Topliss-reactive ketones (excluding diaryl/α,β-unsaturated/α-hetero) is 1. The van der Waals surface area contributed by atoms with Crippen molar-refractivity contribution < 1.29 is 4.79 Å². The van der Waals surface area contributed by atoms with Crippen LogP contribution in [0.3, 0.4) is 0 Å². The van der Waals surface area contributed by atoms with Gasteiger partial charge in [-0.3, -0.25) is 9.69 Å². The van der Waals surface area contributed by atoms with E-state index in [0.717, 1.165) is 22.3 Å². The Bertz CT molecular complexity index is 561. The second-order valence-electron chi connectivity index (χ2n) is 4.45. The Kier molecular flexibility index (Phi) is 5.33. The molecule has 0 saturated heterocycles. The first-order chi connectivity index (χ1) is 9.08. The minimum Gasteiger partial charge on any atom is -0.294 e. The molecule has 2 rings (SSSR count). The lowest BCUT2D eigenvalue weighted by molar-refractivity contribution is 0.0947. The van der Waals surface area contributed by atoms with Crippen LogP contribution in [0.15, 0.2) is 28.1 Å².